The molecule has 0 radical (unpaired) electrons. The van der Waals surface area contributed by atoms with Crippen LogP contribution >= 0.6 is 0 Å². The van der Waals surface area contributed by atoms with E-state index in [0.29, 0.717) is 0 Å². The Hall–Kier alpha value is -4.37. The lowest BCUT2D eigenvalue weighted by Gasteiger charge is -2.30. The predicted molar refractivity (Wildman–Crippen MR) is 149 cm³/mol. The van der Waals surface area contributed by atoms with Crippen LogP contribution in [-0.2, 0) is 6.42 Å². The number of carbonyl (C=O) groups excluding carboxylic acids is 1. The molecule has 0 saturated carbocycles. The van der Waals surface area contributed by atoms with Crippen LogP contribution in [0.15, 0.2) is 102 Å². The summed E-state index contributed by atoms with van der Waals surface area (Å²) in [5, 5.41) is 5.93. The summed E-state index contributed by atoms with van der Waals surface area (Å²) < 4.78 is 5.47. The lowest BCUT2D eigenvalue weighted by Crippen LogP contribution is -2.40. The Balaban J connectivity index is 1.43. The number of nitrogens with one attached hydrogen (secondary N) is 1. The molecule has 0 amide bonds. The Labute approximate surface area is 216 Å². The lowest BCUT2D eigenvalue weighted by molar-refractivity contribution is 0.0944. The van der Waals surface area contributed by atoms with Crippen LogP contribution in [0.3, 0.4) is 0 Å². The number of carbonyl (C=O) groups is 1. The van der Waals surface area contributed by atoms with Crippen molar-refractivity contribution >= 4 is 17.9 Å². The van der Waals surface area contributed by atoms with Crippen LogP contribution in [0.25, 0.3) is 34.4 Å². The van der Waals surface area contributed by atoms with Gasteiger partial charge in [-0.2, -0.15) is 0 Å². The van der Waals surface area contributed by atoms with Crippen molar-refractivity contribution in [3.8, 4) is 22.3 Å². The summed E-state index contributed by atoms with van der Waals surface area (Å²) in [5.74, 6) is 0.0140. The highest BCUT2D eigenvalue weighted by Gasteiger charge is 2.33. The minimum atomic E-state index is -0.238. The predicted octanol–water partition coefficient (Wildman–Crippen LogP) is 6.02. The zero-order valence-electron chi connectivity index (χ0n) is 20.7. The molecule has 2 aromatic rings. The first-order valence-corrected chi connectivity index (χ1v) is 12.9. The molecule has 2 aromatic carbocycles. The van der Waals surface area contributed by atoms with Gasteiger partial charge in [-0.25, -0.2) is 0 Å². The zero-order chi connectivity index (χ0) is 24.9. The smallest absolute Gasteiger partial charge is 0.170 e. The highest BCUT2D eigenvalue weighted by molar-refractivity contribution is 6.08. The molecular weight excluding hydrogens is 454 g/mol. The van der Waals surface area contributed by atoms with Crippen LogP contribution in [0.5, 0.6) is 0 Å². The van der Waals surface area contributed by atoms with E-state index in [1.807, 2.05) is 31.3 Å². The third-order valence-corrected chi connectivity index (χ3v) is 8.05. The molecule has 180 valence electrons. The van der Waals surface area contributed by atoms with Gasteiger partial charge in [-0.05, 0) is 81.8 Å². The molecule has 0 spiro atoms. The summed E-state index contributed by atoms with van der Waals surface area (Å²) in [5.41, 5.74) is 10.0. The average molecular weight is 482 g/mol. The van der Waals surface area contributed by atoms with Gasteiger partial charge in [0.25, 0.3) is 0 Å². The first kappa shape index (κ1) is 21.9. The molecule has 2 unspecified atom stereocenters. The molecular formula is C34H27NO2. The van der Waals surface area contributed by atoms with E-state index in [4.69, 9.17) is 4.42 Å². The molecule has 0 fully saturated rings. The molecule has 0 bridgehead atoms. The van der Waals surface area contributed by atoms with Gasteiger partial charge in [0.1, 0.15) is 0 Å². The van der Waals surface area contributed by atoms with Crippen LogP contribution in [0.4, 0.5) is 0 Å². The van der Waals surface area contributed by atoms with Crippen molar-refractivity contribution in [1.29, 1.82) is 0 Å². The number of rotatable bonds is 3. The van der Waals surface area contributed by atoms with E-state index < -0.39 is 0 Å². The van der Waals surface area contributed by atoms with Gasteiger partial charge in [0.05, 0.1) is 12.5 Å². The number of hydrogen-bond acceptors (Lipinski definition) is 3. The van der Waals surface area contributed by atoms with Gasteiger partial charge in [0.2, 0.25) is 0 Å². The van der Waals surface area contributed by atoms with Gasteiger partial charge in [-0.15, -0.1) is 0 Å². The van der Waals surface area contributed by atoms with Crippen molar-refractivity contribution in [2.75, 3.05) is 0 Å². The van der Waals surface area contributed by atoms with E-state index in [1.165, 1.54) is 32.7 Å². The Bertz CT molecular complexity index is 1750. The minimum absolute atomic E-state index is 0.0865. The van der Waals surface area contributed by atoms with Crippen molar-refractivity contribution in [3.05, 3.63) is 130 Å². The Kier molecular flexibility index (Phi) is 5.10. The van der Waals surface area contributed by atoms with Gasteiger partial charge in [0.15, 0.2) is 5.78 Å². The normalized spacial score (nSPS) is 19.4. The van der Waals surface area contributed by atoms with Gasteiger partial charge in [-0.3, -0.25) is 4.79 Å². The van der Waals surface area contributed by atoms with Gasteiger partial charge in [-0.1, -0.05) is 66.8 Å². The van der Waals surface area contributed by atoms with E-state index in [1.54, 1.807) is 12.5 Å². The summed E-state index contributed by atoms with van der Waals surface area (Å²) in [4.78, 5) is 14.2. The molecule has 3 heteroatoms. The molecule has 2 heterocycles. The fraction of sp³-hybridized carbons (Fsp3) is 0.147. The third-order valence-electron chi connectivity index (χ3n) is 8.05. The number of benzene rings is 2. The monoisotopic (exact) mass is 481 g/mol. The van der Waals surface area contributed by atoms with E-state index in [2.05, 4.69) is 72.1 Å². The summed E-state index contributed by atoms with van der Waals surface area (Å²) in [7, 11) is 0. The molecule has 3 aliphatic carbocycles. The maximum Gasteiger partial charge on any atom is 0.170 e. The van der Waals surface area contributed by atoms with E-state index >= 15 is 0 Å². The van der Waals surface area contributed by atoms with Crippen LogP contribution in [0, 0.1) is 12.8 Å². The number of hydrogen-bond donors (Lipinski definition) is 1. The molecule has 37 heavy (non-hydrogen) atoms. The quantitative estimate of drug-likeness (QED) is 0.364. The fourth-order valence-corrected chi connectivity index (χ4v) is 6.32. The number of fused-ring (bicyclic) bond motifs is 6. The Morgan fingerprint density at radius 1 is 0.973 bits per heavy atom. The molecule has 2 atom stereocenters. The first-order chi connectivity index (χ1) is 18.2. The van der Waals surface area contributed by atoms with Crippen LogP contribution < -0.4 is 15.8 Å². The van der Waals surface area contributed by atoms with E-state index in [9.17, 15) is 4.79 Å². The molecule has 2 aliphatic heterocycles. The second-order valence-electron chi connectivity index (χ2n) is 10.2. The zero-order valence-corrected chi connectivity index (χ0v) is 20.7. The van der Waals surface area contributed by atoms with Crippen molar-refractivity contribution in [2.45, 2.75) is 25.7 Å². The molecule has 0 aromatic heterocycles. The van der Waals surface area contributed by atoms with Crippen molar-refractivity contribution in [2.24, 2.45) is 5.92 Å². The molecule has 3 nitrogen and oxygen atoms in total. The standard InChI is InChI=1S/C34H27NO2/c1-21-17-23-14-16-37-20-31(23)33(21)34(36)24-18-29-27-11-10-22-7-4-5-8-25(22)26(27)12-13-28(29)30(19-24)32-9-3-2-6-15-35-32/h2-9,11-18,20,24,30,35H,10,19H2,1H3. The third kappa shape index (κ3) is 3.54. The fourth-order valence-electron chi connectivity index (χ4n) is 6.32. The minimum Gasteiger partial charge on any atom is -0.472 e. The second-order valence-corrected chi connectivity index (χ2v) is 10.2. The molecule has 5 aliphatic rings. The highest BCUT2D eigenvalue weighted by Crippen LogP contribution is 2.38. The van der Waals surface area contributed by atoms with E-state index in [-0.39, 0.29) is 17.6 Å². The SMILES string of the molecule is Cc1cc2ccocc-2c1C(=O)C1C=c2c(ccc3c2=CCc2ccccc2-3)C(C2=CC=CC=CN2)C1. The van der Waals surface area contributed by atoms with Crippen LogP contribution in [-0.4, -0.2) is 5.78 Å². The van der Waals surface area contributed by atoms with Crippen LogP contribution in [0.2, 0.25) is 0 Å². The maximum atomic E-state index is 14.2. The second kappa shape index (κ2) is 8.63. The Morgan fingerprint density at radius 2 is 1.89 bits per heavy atom. The van der Waals surface area contributed by atoms with Gasteiger partial charge >= 0.3 is 0 Å². The lowest BCUT2D eigenvalue weighted by atomic mass is 9.75. The van der Waals surface area contributed by atoms with Crippen molar-refractivity contribution < 1.29 is 9.21 Å². The number of allylic oxidation sites excluding steroid dienone is 5. The Morgan fingerprint density at radius 3 is 2.84 bits per heavy atom. The van der Waals surface area contributed by atoms with Gasteiger partial charge < -0.3 is 9.73 Å². The number of aryl methyl sites for hydroxylation is 1. The van der Waals surface area contributed by atoms with E-state index in [0.717, 1.165) is 40.8 Å². The summed E-state index contributed by atoms with van der Waals surface area (Å²) in [6.45, 7) is 2.03. The number of ketones is 1. The molecule has 0 saturated heterocycles. The topological polar surface area (TPSA) is 42.2 Å². The summed E-state index contributed by atoms with van der Waals surface area (Å²) >= 11 is 0. The average Bonchev–Trinajstić information content (AvgIpc) is 3.08. The van der Waals surface area contributed by atoms with Gasteiger partial charge in [0, 0.05) is 34.9 Å². The first-order valence-electron chi connectivity index (χ1n) is 12.9. The summed E-state index contributed by atoms with van der Waals surface area (Å²) in [6, 6.07) is 17.2. The molecule has 1 N–H and O–H groups in total. The molecule has 7 rings (SSSR count). The van der Waals surface area contributed by atoms with Crippen molar-refractivity contribution in [3.63, 3.8) is 0 Å². The maximum absolute atomic E-state index is 14.2. The number of Topliss-reactive ketones (excluding diaryl/α,β-unsaturated/α-hetero) is 1. The summed E-state index contributed by atoms with van der Waals surface area (Å²) in [6.07, 6.45) is 19.8. The highest BCUT2D eigenvalue weighted by atomic mass is 16.3. The van der Waals surface area contributed by atoms with Crippen LogP contribution in [0.1, 0.15) is 39.4 Å². The van der Waals surface area contributed by atoms with Crippen molar-refractivity contribution in [1.82, 2.24) is 5.32 Å². The largest absolute Gasteiger partial charge is 0.472 e.